The molecule has 0 aromatic heterocycles. The quantitative estimate of drug-likeness (QED) is 0.543. The van der Waals surface area contributed by atoms with Gasteiger partial charge >= 0.3 is 0 Å². The summed E-state index contributed by atoms with van der Waals surface area (Å²) < 4.78 is 0. The highest BCUT2D eigenvalue weighted by atomic mass is 14.3. The second-order valence-electron chi connectivity index (χ2n) is 5.36. The van der Waals surface area contributed by atoms with Gasteiger partial charge in [0.25, 0.3) is 0 Å². The Labute approximate surface area is 83.7 Å². The van der Waals surface area contributed by atoms with Crippen LogP contribution in [0.2, 0.25) is 0 Å². The highest BCUT2D eigenvalue weighted by Gasteiger charge is 2.22. The minimum absolute atomic E-state index is 0.257. The molecule has 0 heterocycles. The van der Waals surface area contributed by atoms with Crippen molar-refractivity contribution in [3.05, 3.63) is 24.8 Å². The molecule has 0 aliphatic heterocycles. The van der Waals surface area contributed by atoms with Crippen molar-refractivity contribution >= 4 is 0 Å². The van der Waals surface area contributed by atoms with Crippen LogP contribution in [0.3, 0.4) is 0 Å². The van der Waals surface area contributed by atoms with E-state index in [-0.39, 0.29) is 10.8 Å². The zero-order valence-corrected chi connectivity index (χ0v) is 9.91. The molecule has 0 nitrogen and oxygen atoms in total. The largest absolute Gasteiger partial charge is 0.103 e. The third-order valence-corrected chi connectivity index (χ3v) is 3.10. The van der Waals surface area contributed by atoms with Crippen LogP contribution >= 0.6 is 0 Å². The van der Waals surface area contributed by atoms with Crippen LogP contribution in [0, 0.1) is 10.8 Å². The van der Waals surface area contributed by atoms with Crippen LogP contribution in [0.4, 0.5) is 0 Å². The van der Waals surface area contributed by atoms with Gasteiger partial charge in [-0.05, 0) is 30.6 Å². The molecule has 0 unspecified atom stereocenters. The summed E-state index contributed by atoms with van der Waals surface area (Å²) in [6.45, 7) is 19.0. The van der Waals surface area contributed by atoms with Crippen molar-refractivity contribution in [2.45, 2.75) is 47.5 Å². The van der Waals surface area contributed by atoms with Crippen molar-refractivity contribution in [3.8, 4) is 0 Å². The summed E-state index contributed by atoms with van der Waals surface area (Å²) in [6, 6.07) is 0. The van der Waals surface area contributed by atoms with Crippen LogP contribution in [0.5, 0.6) is 0 Å². The lowest BCUT2D eigenvalue weighted by Gasteiger charge is -2.29. The van der Waals surface area contributed by atoms with Crippen molar-refractivity contribution in [2.24, 2.45) is 10.8 Å². The Bertz CT molecular complexity index is 194. The molecule has 76 valence electrons. The van der Waals surface area contributed by atoms with Gasteiger partial charge in [-0.3, -0.25) is 0 Å². The molecule has 0 saturated heterocycles. The Kier molecular flexibility index (Phi) is 3.96. The molecule has 0 bridgehead atoms. The molecule has 0 N–H and O–H groups in total. The Hall–Kier alpha value is -0.520. The SMILES string of the molecule is C=CC(C)(C)CCC(C)(C)C(=C)C. The molecule has 0 atom stereocenters. The van der Waals surface area contributed by atoms with Crippen LogP contribution in [0.1, 0.15) is 47.5 Å². The lowest BCUT2D eigenvalue weighted by molar-refractivity contribution is 0.317. The fourth-order valence-corrected chi connectivity index (χ4v) is 0.950. The molecule has 13 heavy (non-hydrogen) atoms. The fraction of sp³-hybridized carbons (Fsp3) is 0.692. The van der Waals surface area contributed by atoms with E-state index in [9.17, 15) is 0 Å². The maximum atomic E-state index is 4.03. The maximum Gasteiger partial charge on any atom is -0.0150 e. The Morgan fingerprint density at radius 3 is 1.92 bits per heavy atom. The zero-order valence-electron chi connectivity index (χ0n) is 9.91. The van der Waals surface area contributed by atoms with E-state index in [4.69, 9.17) is 0 Å². The Morgan fingerprint density at radius 2 is 1.62 bits per heavy atom. The molecule has 0 amide bonds. The number of hydrogen-bond acceptors (Lipinski definition) is 0. The molecule has 0 aromatic rings. The van der Waals surface area contributed by atoms with Crippen LogP contribution in [0.15, 0.2) is 24.8 Å². The summed E-state index contributed by atoms with van der Waals surface area (Å²) in [6.07, 6.45) is 4.40. The monoisotopic (exact) mass is 180 g/mol. The minimum atomic E-state index is 0.257. The van der Waals surface area contributed by atoms with E-state index < -0.39 is 0 Å². The van der Waals surface area contributed by atoms with Crippen molar-refractivity contribution < 1.29 is 0 Å². The van der Waals surface area contributed by atoms with Gasteiger partial charge in [0.2, 0.25) is 0 Å². The molecule has 0 rings (SSSR count). The minimum Gasteiger partial charge on any atom is -0.103 e. The average Bonchev–Trinajstić information content (AvgIpc) is 2.01. The van der Waals surface area contributed by atoms with Crippen molar-refractivity contribution in [3.63, 3.8) is 0 Å². The molecular weight excluding hydrogens is 156 g/mol. The van der Waals surface area contributed by atoms with Gasteiger partial charge in [0.15, 0.2) is 0 Å². The summed E-state index contributed by atoms with van der Waals surface area (Å²) in [7, 11) is 0. The van der Waals surface area contributed by atoms with E-state index >= 15 is 0 Å². The third kappa shape index (κ3) is 4.31. The Balaban J connectivity index is 4.17. The van der Waals surface area contributed by atoms with Crippen molar-refractivity contribution in [1.29, 1.82) is 0 Å². The van der Waals surface area contributed by atoms with Gasteiger partial charge in [-0.2, -0.15) is 0 Å². The molecule has 0 fully saturated rings. The molecule has 0 aliphatic rings. The molecule has 0 spiro atoms. The first kappa shape index (κ1) is 12.5. The van der Waals surface area contributed by atoms with Gasteiger partial charge in [0.05, 0.1) is 0 Å². The van der Waals surface area contributed by atoms with Gasteiger partial charge in [0, 0.05) is 0 Å². The summed E-state index contributed by atoms with van der Waals surface area (Å²) in [5.74, 6) is 0. The van der Waals surface area contributed by atoms with Crippen LogP contribution in [0.25, 0.3) is 0 Å². The first-order valence-electron chi connectivity index (χ1n) is 5.01. The normalized spacial score (nSPS) is 12.7. The lowest BCUT2D eigenvalue weighted by Crippen LogP contribution is -2.17. The van der Waals surface area contributed by atoms with Crippen molar-refractivity contribution in [2.75, 3.05) is 0 Å². The van der Waals surface area contributed by atoms with Gasteiger partial charge in [-0.25, -0.2) is 0 Å². The zero-order chi connectivity index (χ0) is 10.7. The van der Waals surface area contributed by atoms with Crippen LogP contribution in [-0.4, -0.2) is 0 Å². The molecule has 0 saturated carbocycles. The number of rotatable bonds is 5. The molecule has 0 aliphatic carbocycles. The van der Waals surface area contributed by atoms with E-state index in [0.29, 0.717) is 0 Å². The highest BCUT2D eigenvalue weighted by Crippen LogP contribution is 2.35. The van der Waals surface area contributed by atoms with E-state index in [0.717, 1.165) is 0 Å². The topological polar surface area (TPSA) is 0 Å². The van der Waals surface area contributed by atoms with Gasteiger partial charge < -0.3 is 0 Å². The van der Waals surface area contributed by atoms with Crippen LogP contribution < -0.4 is 0 Å². The predicted octanol–water partition coefficient (Wildman–Crippen LogP) is 4.58. The number of allylic oxidation sites excluding steroid dienone is 2. The lowest BCUT2D eigenvalue weighted by atomic mass is 9.76. The third-order valence-electron chi connectivity index (χ3n) is 3.10. The summed E-state index contributed by atoms with van der Waals surface area (Å²) in [4.78, 5) is 0. The van der Waals surface area contributed by atoms with E-state index in [1.807, 2.05) is 6.08 Å². The fourth-order valence-electron chi connectivity index (χ4n) is 0.950. The van der Waals surface area contributed by atoms with Crippen LogP contribution in [-0.2, 0) is 0 Å². The second-order valence-corrected chi connectivity index (χ2v) is 5.36. The summed E-state index contributed by atoms with van der Waals surface area (Å²) in [5.41, 5.74) is 1.79. The van der Waals surface area contributed by atoms with E-state index in [1.165, 1.54) is 18.4 Å². The summed E-state index contributed by atoms with van der Waals surface area (Å²) in [5, 5.41) is 0. The smallest absolute Gasteiger partial charge is 0.0150 e. The number of hydrogen-bond donors (Lipinski definition) is 0. The second kappa shape index (κ2) is 4.13. The first-order chi connectivity index (χ1) is 5.71. The highest BCUT2D eigenvalue weighted by molar-refractivity contribution is 5.04. The molecular formula is C13H24. The average molecular weight is 180 g/mol. The maximum absolute atomic E-state index is 4.03. The molecule has 0 aromatic carbocycles. The van der Waals surface area contributed by atoms with E-state index in [2.05, 4.69) is 47.8 Å². The molecule has 0 radical (unpaired) electrons. The van der Waals surface area contributed by atoms with Gasteiger partial charge in [-0.1, -0.05) is 45.9 Å². The standard InChI is InChI=1S/C13H24/c1-8-12(4,5)9-10-13(6,7)11(2)3/h8H,1-2,9-10H2,3-7H3. The van der Waals surface area contributed by atoms with Crippen molar-refractivity contribution in [1.82, 2.24) is 0 Å². The molecule has 0 heteroatoms. The predicted molar refractivity (Wildman–Crippen MR) is 61.8 cm³/mol. The Morgan fingerprint density at radius 1 is 1.15 bits per heavy atom. The van der Waals surface area contributed by atoms with E-state index in [1.54, 1.807) is 0 Å². The van der Waals surface area contributed by atoms with Gasteiger partial charge in [0.1, 0.15) is 0 Å². The van der Waals surface area contributed by atoms with Gasteiger partial charge in [-0.15, -0.1) is 6.58 Å². The first-order valence-corrected chi connectivity index (χ1v) is 5.01. The summed E-state index contributed by atoms with van der Waals surface area (Å²) >= 11 is 0.